The molecule has 0 spiro atoms. The summed E-state index contributed by atoms with van der Waals surface area (Å²) in [5.41, 5.74) is 8.41. The van der Waals surface area contributed by atoms with Gasteiger partial charge in [0.25, 0.3) is 11.8 Å². The van der Waals surface area contributed by atoms with E-state index < -0.39 is 23.9 Å². The highest BCUT2D eigenvalue weighted by atomic mass is 16.5. The minimum Gasteiger partial charge on any atom is -0.445 e. The van der Waals surface area contributed by atoms with Gasteiger partial charge in [0, 0.05) is 5.69 Å². The third-order valence-corrected chi connectivity index (χ3v) is 4.09. The Morgan fingerprint density at radius 1 is 1.00 bits per heavy atom. The SMILES string of the molecule is Cc1ccc(NCC(=O)NNC(=O)[C@H](C)NC(=O)OCc2ccccc2)c(C)c1. The van der Waals surface area contributed by atoms with Crippen LogP contribution in [-0.4, -0.2) is 30.5 Å². The van der Waals surface area contributed by atoms with Crippen LogP contribution in [0.1, 0.15) is 23.6 Å². The summed E-state index contributed by atoms with van der Waals surface area (Å²) in [5.74, 6) is -0.987. The molecule has 0 heterocycles. The molecule has 0 aliphatic heterocycles. The maximum atomic E-state index is 12.0. The number of carbonyl (C=O) groups excluding carboxylic acids is 3. The van der Waals surface area contributed by atoms with E-state index in [0.717, 1.165) is 22.4 Å². The Bertz CT molecular complexity index is 855. The third-order valence-electron chi connectivity index (χ3n) is 4.09. The van der Waals surface area contributed by atoms with Gasteiger partial charge in [0.2, 0.25) is 0 Å². The molecular weight excluding hydrogens is 372 g/mol. The lowest BCUT2D eigenvalue weighted by Crippen LogP contribution is -2.52. The minimum absolute atomic E-state index is 0.00882. The number of nitrogens with one attached hydrogen (secondary N) is 4. The maximum absolute atomic E-state index is 12.0. The molecule has 2 aromatic rings. The van der Waals surface area contributed by atoms with Crippen molar-refractivity contribution in [2.24, 2.45) is 0 Å². The number of anilines is 1. The molecule has 8 nitrogen and oxygen atoms in total. The fourth-order valence-electron chi connectivity index (χ4n) is 2.48. The number of rotatable bonds is 7. The van der Waals surface area contributed by atoms with Crippen LogP contribution in [0.3, 0.4) is 0 Å². The van der Waals surface area contributed by atoms with Crippen molar-refractivity contribution in [1.29, 1.82) is 0 Å². The molecule has 2 aromatic carbocycles. The summed E-state index contributed by atoms with van der Waals surface area (Å²) in [6.07, 6.45) is -0.723. The van der Waals surface area contributed by atoms with Gasteiger partial charge >= 0.3 is 6.09 Å². The molecule has 8 heteroatoms. The Kier molecular flexibility index (Phi) is 8.02. The maximum Gasteiger partial charge on any atom is 0.408 e. The van der Waals surface area contributed by atoms with Crippen molar-refractivity contribution in [3.63, 3.8) is 0 Å². The molecule has 3 amide bonds. The quantitative estimate of drug-likeness (QED) is 0.535. The van der Waals surface area contributed by atoms with Gasteiger partial charge < -0.3 is 15.4 Å². The van der Waals surface area contributed by atoms with E-state index in [-0.39, 0.29) is 13.2 Å². The molecule has 1 atom stereocenters. The van der Waals surface area contributed by atoms with Crippen molar-refractivity contribution in [1.82, 2.24) is 16.2 Å². The number of hydrogen-bond donors (Lipinski definition) is 4. The summed E-state index contributed by atoms with van der Waals surface area (Å²) in [4.78, 5) is 35.7. The lowest BCUT2D eigenvalue weighted by molar-refractivity contribution is -0.128. The van der Waals surface area contributed by atoms with Crippen LogP contribution in [0.2, 0.25) is 0 Å². The molecule has 0 saturated carbocycles. The van der Waals surface area contributed by atoms with Gasteiger partial charge in [-0.25, -0.2) is 4.79 Å². The van der Waals surface area contributed by atoms with E-state index >= 15 is 0 Å². The van der Waals surface area contributed by atoms with Crippen molar-refractivity contribution in [2.45, 2.75) is 33.4 Å². The highest BCUT2D eigenvalue weighted by molar-refractivity contribution is 5.88. The predicted molar refractivity (Wildman–Crippen MR) is 110 cm³/mol. The fraction of sp³-hybridized carbons (Fsp3) is 0.286. The van der Waals surface area contributed by atoms with Gasteiger partial charge in [-0.15, -0.1) is 0 Å². The minimum atomic E-state index is -0.883. The second-order valence-electron chi connectivity index (χ2n) is 6.64. The Hall–Kier alpha value is -3.55. The zero-order valence-electron chi connectivity index (χ0n) is 16.7. The molecule has 0 aliphatic carbocycles. The van der Waals surface area contributed by atoms with Crippen LogP contribution in [-0.2, 0) is 20.9 Å². The predicted octanol–water partition coefficient (Wildman–Crippen LogP) is 2.18. The molecule has 0 bridgehead atoms. The highest BCUT2D eigenvalue weighted by Crippen LogP contribution is 2.15. The molecule has 0 fully saturated rings. The van der Waals surface area contributed by atoms with E-state index in [1.54, 1.807) is 0 Å². The van der Waals surface area contributed by atoms with Crippen LogP contribution >= 0.6 is 0 Å². The first-order chi connectivity index (χ1) is 13.8. The summed E-state index contributed by atoms with van der Waals surface area (Å²) in [7, 11) is 0. The monoisotopic (exact) mass is 398 g/mol. The van der Waals surface area contributed by atoms with E-state index in [1.807, 2.05) is 62.4 Å². The summed E-state index contributed by atoms with van der Waals surface area (Å²) < 4.78 is 5.05. The topological polar surface area (TPSA) is 109 Å². The standard InChI is InChI=1S/C21H26N4O4/c1-14-9-10-18(15(2)11-14)22-12-19(26)24-25-20(27)16(3)23-21(28)29-13-17-7-5-4-6-8-17/h4-11,16,22H,12-13H2,1-3H3,(H,23,28)(H,24,26)(H,25,27)/t16-/m0/s1. The van der Waals surface area contributed by atoms with Crippen molar-refractivity contribution in [3.8, 4) is 0 Å². The Balaban J connectivity index is 1.67. The molecule has 4 N–H and O–H groups in total. The van der Waals surface area contributed by atoms with Crippen LogP contribution in [0, 0.1) is 13.8 Å². The highest BCUT2D eigenvalue weighted by Gasteiger charge is 2.17. The first-order valence-electron chi connectivity index (χ1n) is 9.22. The zero-order valence-corrected chi connectivity index (χ0v) is 16.7. The van der Waals surface area contributed by atoms with Gasteiger partial charge in [-0.2, -0.15) is 0 Å². The van der Waals surface area contributed by atoms with Crippen LogP contribution in [0.25, 0.3) is 0 Å². The van der Waals surface area contributed by atoms with Gasteiger partial charge in [-0.05, 0) is 38.0 Å². The van der Waals surface area contributed by atoms with Crippen LogP contribution in [0.15, 0.2) is 48.5 Å². The average Bonchev–Trinajstić information content (AvgIpc) is 2.70. The van der Waals surface area contributed by atoms with E-state index in [9.17, 15) is 14.4 Å². The second-order valence-corrected chi connectivity index (χ2v) is 6.64. The molecular formula is C21H26N4O4. The largest absolute Gasteiger partial charge is 0.445 e. The number of amides is 3. The molecule has 0 aromatic heterocycles. The summed E-state index contributed by atoms with van der Waals surface area (Å²) >= 11 is 0. The van der Waals surface area contributed by atoms with Crippen LogP contribution in [0.5, 0.6) is 0 Å². The molecule has 0 saturated heterocycles. The van der Waals surface area contributed by atoms with Crippen LogP contribution < -0.4 is 21.5 Å². The Morgan fingerprint density at radius 3 is 2.41 bits per heavy atom. The number of alkyl carbamates (subject to hydrolysis) is 1. The molecule has 0 unspecified atom stereocenters. The number of hydrazine groups is 1. The molecule has 0 aliphatic rings. The normalized spacial score (nSPS) is 11.1. The van der Waals surface area contributed by atoms with Crippen molar-refractivity contribution >= 4 is 23.6 Å². The summed E-state index contributed by atoms with van der Waals surface area (Å²) in [5, 5.41) is 5.41. The third kappa shape index (κ3) is 7.53. The number of benzene rings is 2. The number of carbonyl (C=O) groups is 3. The molecule has 0 radical (unpaired) electrons. The zero-order chi connectivity index (χ0) is 21.2. The average molecular weight is 398 g/mol. The molecule has 154 valence electrons. The molecule has 2 rings (SSSR count). The Labute approximate surface area is 170 Å². The first-order valence-corrected chi connectivity index (χ1v) is 9.22. The number of aryl methyl sites for hydroxylation is 2. The van der Waals surface area contributed by atoms with Gasteiger partial charge in [0.15, 0.2) is 0 Å². The van der Waals surface area contributed by atoms with Gasteiger partial charge in [0.1, 0.15) is 12.6 Å². The lowest BCUT2D eigenvalue weighted by atomic mass is 10.1. The smallest absolute Gasteiger partial charge is 0.408 e. The number of ether oxygens (including phenoxy) is 1. The molecule has 29 heavy (non-hydrogen) atoms. The van der Waals surface area contributed by atoms with E-state index in [0.29, 0.717) is 0 Å². The van der Waals surface area contributed by atoms with Gasteiger partial charge in [0.05, 0.1) is 6.54 Å². The fourth-order valence-corrected chi connectivity index (χ4v) is 2.48. The van der Waals surface area contributed by atoms with E-state index in [4.69, 9.17) is 4.74 Å². The number of hydrogen-bond acceptors (Lipinski definition) is 5. The van der Waals surface area contributed by atoms with Gasteiger partial charge in [-0.3, -0.25) is 20.4 Å². The lowest BCUT2D eigenvalue weighted by Gasteiger charge is -2.15. The first kappa shape index (κ1) is 21.7. The van der Waals surface area contributed by atoms with Crippen molar-refractivity contribution in [2.75, 3.05) is 11.9 Å². The van der Waals surface area contributed by atoms with Crippen LogP contribution in [0.4, 0.5) is 10.5 Å². The van der Waals surface area contributed by atoms with Crippen molar-refractivity contribution < 1.29 is 19.1 Å². The summed E-state index contributed by atoms with van der Waals surface area (Å²) in [6.45, 7) is 5.51. The Morgan fingerprint density at radius 2 is 1.72 bits per heavy atom. The van der Waals surface area contributed by atoms with E-state index in [1.165, 1.54) is 6.92 Å². The summed E-state index contributed by atoms with van der Waals surface area (Å²) in [6, 6.07) is 14.1. The van der Waals surface area contributed by atoms with Gasteiger partial charge in [-0.1, -0.05) is 48.0 Å². The van der Waals surface area contributed by atoms with E-state index in [2.05, 4.69) is 21.5 Å². The second kappa shape index (κ2) is 10.7. The van der Waals surface area contributed by atoms with Crippen molar-refractivity contribution in [3.05, 3.63) is 65.2 Å².